The van der Waals surface area contributed by atoms with Gasteiger partial charge in [-0.15, -0.1) is 18.3 Å². The first-order valence-electron chi connectivity index (χ1n) is 9.21. The van der Waals surface area contributed by atoms with Gasteiger partial charge in [0.05, 0.1) is 17.6 Å². The number of anilines is 4. The van der Waals surface area contributed by atoms with Crippen LogP contribution in [-0.4, -0.2) is 32.9 Å². The van der Waals surface area contributed by atoms with E-state index in [0.717, 1.165) is 18.9 Å². The maximum absolute atomic E-state index is 12.6. The molecule has 31 heavy (non-hydrogen) atoms. The van der Waals surface area contributed by atoms with E-state index in [1.54, 1.807) is 6.07 Å². The first kappa shape index (κ1) is 20.3. The van der Waals surface area contributed by atoms with Crippen LogP contribution in [0.25, 0.3) is 5.65 Å². The molecule has 3 aromatic rings. The fourth-order valence-electron chi connectivity index (χ4n) is 2.92. The van der Waals surface area contributed by atoms with Gasteiger partial charge in [-0.25, -0.2) is 4.98 Å². The summed E-state index contributed by atoms with van der Waals surface area (Å²) >= 11 is 0. The summed E-state index contributed by atoms with van der Waals surface area (Å²) in [6.45, 7) is 1.17. The van der Waals surface area contributed by atoms with Crippen LogP contribution in [0, 0.1) is 11.3 Å². The van der Waals surface area contributed by atoms with Gasteiger partial charge >= 0.3 is 6.36 Å². The zero-order valence-corrected chi connectivity index (χ0v) is 16.1. The van der Waals surface area contributed by atoms with Crippen molar-refractivity contribution in [3.8, 4) is 11.8 Å². The van der Waals surface area contributed by atoms with E-state index in [4.69, 9.17) is 0 Å². The van der Waals surface area contributed by atoms with Crippen LogP contribution in [0.1, 0.15) is 25.5 Å². The minimum atomic E-state index is -4.91. The fraction of sp³-hybridized carbons (Fsp3) is 0.263. The summed E-state index contributed by atoms with van der Waals surface area (Å²) in [6, 6.07) is 7.74. The molecular formula is C19H16F3N7O2. The molecule has 0 spiro atoms. The van der Waals surface area contributed by atoms with Crippen LogP contribution in [0.3, 0.4) is 0 Å². The van der Waals surface area contributed by atoms with Gasteiger partial charge in [-0.1, -0.05) is 0 Å². The number of fused-ring (bicyclic) bond motifs is 1. The first-order chi connectivity index (χ1) is 14.7. The van der Waals surface area contributed by atoms with Gasteiger partial charge in [0.25, 0.3) is 0 Å². The van der Waals surface area contributed by atoms with Crippen LogP contribution in [0.5, 0.6) is 5.75 Å². The number of imidazole rings is 1. The van der Waals surface area contributed by atoms with E-state index in [9.17, 15) is 23.2 Å². The molecule has 4 rings (SSSR count). The van der Waals surface area contributed by atoms with Crippen molar-refractivity contribution in [1.29, 1.82) is 5.26 Å². The molecule has 1 amide bonds. The van der Waals surface area contributed by atoms with Gasteiger partial charge in [0.1, 0.15) is 6.07 Å². The third-order valence-corrected chi connectivity index (χ3v) is 4.31. The predicted octanol–water partition coefficient (Wildman–Crippen LogP) is 3.78. The highest BCUT2D eigenvalue weighted by molar-refractivity contribution is 5.91. The Morgan fingerprint density at radius 3 is 2.71 bits per heavy atom. The lowest BCUT2D eigenvalue weighted by molar-refractivity contribution is -0.274. The topological polar surface area (TPSA) is 116 Å². The van der Waals surface area contributed by atoms with Gasteiger partial charge in [-0.2, -0.15) is 9.78 Å². The van der Waals surface area contributed by atoms with Crippen molar-refractivity contribution in [2.45, 2.75) is 32.2 Å². The quantitative estimate of drug-likeness (QED) is 0.544. The van der Waals surface area contributed by atoms with Crippen molar-refractivity contribution < 1.29 is 22.7 Å². The number of ether oxygens (including phenoxy) is 1. The highest BCUT2D eigenvalue weighted by atomic mass is 19.4. The van der Waals surface area contributed by atoms with Gasteiger partial charge in [-0.3, -0.25) is 4.79 Å². The van der Waals surface area contributed by atoms with E-state index in [1.165, 1.54) is 29.8 Å². The largest absolute Gasteiger partial charge is 0.573 e. The molecule has 9 nitrogen and oxygen atoms in total. The second-order valence-corrected chi connectivity index (χ2v) is 6.92. The van der Waals surface area contributed by atoms with Gasteiger partial charge in [-0.05, 0) is 31.0 Å². The number of nitrogens with one attached hydrogen (secondary N) is 3. The van der Waals surface area contributed by atoms with E-state index in [-0.39, 0.29) is 11.4 Å². The van der Waals surface area contributed by atoms with E-state index < -0.39 is 18.0 Å². The van der Waals surface area contributed by atoms with Gasteiger partial charge in [0.2, 0.25) is 5.91 Å². The molecular weight excluding hydrogens is 415 g/mol. The molecule has 1 aliphatic carbocycles. The van der Waals surface area contributed by atoms with Crippen molar-refractivity contribution >= 4 is 34.4 Å². The zero-order chi connectivity index (χ0) is 22.2. The molecule has 0 saturated heterocycles. The van der Waals surface area contributed by atoms with Crippen LogP contribution < -0.4 is 20.7 Å². The van der Waals surface area contributed by atoms with Gasteiger partial charge in [0.15, 0.2) is 22.9 Å². The van der Waals surface area contributed by atoms with Crippen LogP contribution in [0.2, 0.25) is 0 Å². The predicted molar refractivity (Wildman–Crippen MR) is 105 cm³/mol. The molecule has 0 bridgehead atoms. The smallest absolute Gasteiger partial charge is 0.404 e. The number of nitrogens with zero attached hydrogens (tertiary/aromatic N) is 4. The number of carbonyl (C=O) groups excluding carboxylic acids is 1. The minimum Gasteiger partial charge on any atom is -0.404 e. The Labute approximate surface area is 173 Å². The van der Waals surface area contributed by atoms with Crippen LogP contribution >= 0.6 is 0 Å². The standard InChI is InChI=1S/C19H16F3N7O2/c1-10(30)25-14-6-12(4-5-16(14)31-19(20,21)22)27-17-7-15(26-11-2-3-11)18-24-9-13(8-23)29(18)28-17/h4-7,9,11,26H,2-3H2,1H3,(H,25,30)(H,27,28). The number of amides is 1. The molecule has 0 unspecified atom stereocenters. The third kappa shape index (κ3) is 4.77. The molecule has 3 N–H and O–H groups in total. The summed E-state index contributed by atoms with van der Waals surface area (Å²) in [7, 11) is 0. The number of benzene rings is 1. The Bertz CT molecular complexity index is 1200. The monoisotopic (exact) mass is 431 g/mol. The van der Waals surface area contributed by atoms with Crippen molar-refractivity contribution in [2.75, 3.05) is 16.0 Å². The summed E-state index contributed by atoms with van der Waals surface area (Å²) < 4.78 is 43.3. The average molecular weight is 431 g/mol. The number of aromatic nitrogens is 3. The second-order valence-electron chi connectivity index (χ2n) is 6.92. The van der Waals surface area contributed by atoms with Crippen LogP contribution in [0.15, 0.2) is 30.5 Å². The summed E-state index contributed by atoms with van der Waals surface area (Å²) in [5.41, 5.74) is 1.57. The molecule has 0 atom stereocenters. The Morgan fingerprint density at radius 1 is 1.29 bits per heavy atom. The fourth-order valence-corrected chi connectivity index (χ4v) is 2.92. The summed E-state index contributed by atoms with van der Waals surface area (Å²) in [6.07, 6.45) is -1.47. The highest BCUT2D eigenvalue weighted by Gasteiger charge is 2.32. The van der Waals surface area contributed by atoms with E-state index in [2.05, 4.69) is 30.8 Å². The number of carbonyl (C=O) groups is 1. The Morgan fingerprint density at radius 2 is 2.06 bits per heavy atom. The van der Waals surface area contributed by atoms with Crippen LogP contribution in [-0.2, 0) is 4.79 Å². The number of hydrogen-bond acceptors (Lipinski definition) is 7. The Hall–Kier alpha value is -4.01. The molecule has 2 heterocycles. The third-order valence-electron chi connectivity index (χ3n) is 4.31. The molecule has 12 heteroatoms. The molecule has 0 radical (unpaired) electrons. The summed E-state index contributed by atoms with van der Waals surface area (Å²) in [5.74, 6) is -0.783. The number of nitriles is 1. The molecule has 160 valence electrons. The lowest BCUT2D eigenvalue weighted by atomic mass is 10.2. The van der Waals surface area contributed by atoms with Crippen molar-refractivity contribution in [3.05, 3.63) is 36.2 Å². The molecule has 1 aromatic carbocycles. The molecule has 2 aromatic heterocycles. The summed E-state index contributed by atoms with van der Waals surface area (Å²) in [4.78, 5) is 15.6. The summed E-state index contributed by atoms with van der Waals surface area (Å²) in [5, 5.41) is 22.3. The van der Waals surface area contributed by atoms with Crippen LogP contribution in [0.4, 0.5) is 36.1 Å². The number of alkyl halides is 3. The number of halogens is 3. The molecule has 0 aliphatic heterocycles. The maximum atomic E-state index is 12.6. The number of rotatable bonds is 6. The minimum absolute atomic E-state index is 0.160. The van der Waals surface area contributed by atoms with E-state index in [1.807, 2.05) is 6.07 Å². The zero-order valence-electron chi connectivity index (χ0n) is 16.1. The average Bonchev–Trinajstić information content (AvgIpc) is 3.39. The van der Waals surface area contributed by atoms with Gasteiger partial charge < -0.3 is 20.7 Å². The number of hydrogen-bond donors (Lipinski definition) is 3. The normalized spacial score (nSPS) is 13.5. The van der Waals surface area contributed by atoms with Gasteiger partial charge in [0, 0.05) is 24.7 Å². The Kier molecular flexibility index (Phi) is 5.02. The molecule has 1 fully saturated rings. The Balaban J connectivity index is 1.69. The SMILES string of the molecule is CC(=O)Nc1cc(Nc2cc(NC3CC3)c3ncc(C#N)n3n2)ccc1OC(F)(F)F. The highest BCUT2D eigenvalue weighted by Crippen LogP contribution is 2.34. The van der Waals surface area contributed by atoms with Crippen molar-refractivity contribution in [3.63, 3.8) is 0 Å². The lowest BCUT2D eigenvalue weighted by Crippen LogP contribution is -2.19. The lowest BCUT2D eigenvalue weighted by Gasteiger charge is -2.16. The maximum Gasteiger partial charge on any atom is 0.573 e. The first-order valence-corrected chi connectivity index (χ1v) is 9.21. The van der Waals surface area contributed by atoms with E-state index >= 15 is 0 Å². The van der Waals surface area contributed by atoms with Crippen molar-refractivity contribution in [1.82, 2.24) is 14.6 Å². The molecule has 1 aliphatic rings. The van der Waals surface area contributed by atoms with E-state index in [0.29, 0.717) is 28.9 Å². The van der Waals surface area contributed by atoms with Crippen molar-refractivity contribution in [2.24, 2.45) is 0 Å². The molecule has 1 saturated carbocycles. The second kappa shape index (κ2) is 7.67.